The number of alkyl halides is 3. The van der Waals surface area contributed by atoms with Crippen LogP contribution in [0.1, 0.15) is 16.7 Å². The van der Waals surface area contributed by atoms with Crippen molar-refractivity contribution in [3.05, 3.63) is 105 Å². The third-order valence-corrected chi connectivity index (χ3v) is 5.34. The predicted octanol–water partition coefficient (Wildman–Crippen LogP) is 5.97. The van der Waals surface area contributed by atoms with E-state index in [0.29, 0.717) is 12.1 Å². The first-order chi connectivity index (χ1) is 17.1. The first-order valence-corrected chi connectivity index (χ1v) is 10.4. The van der Waals surface area contributed by atoms with Gasteiger partial charge in [-0.1, -0.05) is 17.7 Å². The monoisotopic (exact) mass is 518 g/mol. The molecular weight excluding hydrogens is 507 g/mol. The van der Waals surface area contributed by atoms with Gasteiger partial charge in [0, 0.05) is 29.6 Å². The Labute approximate surface area is 204 Å². The first kappa shape index (κ1) is 24.8. The lowest BCUT2D eigenvalue weighted by Gasteiger charge is -2.18. The second-order valence-electron chi connectivity index (χ2n) is 7.35. The van der Waals surface area contributed by atoms with E-state index in [1.165, 1.54) is 42.9 Å². The summed E-state index contributed by atoms with van der Waals surface area (Å²) in [5.41, 5.74) is -4.37. The van der Waals surface area contributed by atoms with Gasteiger partial charge in [-0.15, -0.1) is 0 Å². The molecule has 12 heteroatoms. The van der Waals surface area contributed by atoms with Gasteiger partial charge in [-0.3, -0.25) is 9.78 Å². The molecule has 0 N–H and O–H groups in total. The molecule has 0 fully saturated rings. The third kappa shape index (κ3) is 5.04. The standard InChI is InChI=1S/C24H12ClF5N4O2/c25-18-7-13(2-4-21(18)36-22-11-32-5-6-33-22)20-9-17(24(28,29)30)16(10-31)23(35)34(20)12-14-1-3-15(26)8-19(14)27/h1-9,11H,12H2. The maximum Gasteiger partial charge on any atom is 0.417 e. The van der Waals surface area contributed by atoms with E-state index in [-0.39, 0.29) is 33.5 Å². The van der Waals surface area contributed by atoms with Gasteiger partial charge in [-0.05, 0) is 30.3 Å². The zero-order chi connectivity index (χ0) is 26.0. The summed E-state index contributed by atoms with van der Waals surface area (Å²) in [7, 11) is 0. The predicted molar refractivity (Wildman–Crippen MR) is 118 cm³/mol. The topological polar surface area (TPSA) is 80.8 Å². The van der Waals surface area contributed by atoms with E-state index >= 15 is 0 Å². The number of ether oxygens (including phenoxy) is 1. The van der Waals surface area contributed by atoms with E-state index in [2.05, 4.69) is 9.97 Å². The molecule has 0 aliphatic rings. The van der Waals surface area contributed by atoms with Crippen molar-refractivity contribution in [2.24, 2.45) is 0 Å². The molecule has 0 amide bonds. The van der Waals surface area contributed by atoms with Crippen LogP contribution in [0.5, 0.6) is 11.6 Å². The molecule has 6 nitrogen and oxygen atoms in total. The number of nitriles is 1. The zero-order valence-corrected chi connectivity index (χ0v) is 18.6. The van der Waals surface area contributed by atoms with Crippen molar-refractivity contribution in [2.45, 2.75) is 12.7 Å². The van der Waals surface area contributed by atoms with E-state index in [0.717, 1.165) is 16.7 Å². The van der Waals surface area contributed by atoms with Crippen molar-refractivity contribution in [3.63, 3.8) is 0 Å². The molecule has 2 heterocycles. The van der Waals surface area contributed by atoms with Gasteiger partial charge in [-0.2, -0.15) is 18.4 Å². The second-order valence-corrected chi connectivity index (χ2v) is 7.75. The van der Waals surface area contributed by atoms with Crippen molar-refractivity contribution < 1.29 is 26.7 Å². The lowest BCUT2D eigenvalue weighted by molar-refractivity contribution is -0.137. The first-order valence-electron chi connectivity index (χ1n) is 10.0. The molecule has 0 bridgehead atoms. The van der Waals surface area contributed by atoms with E-state index in [1.54, 1.807) is 0 Å². The van der Waals surface area contributed by atoms with Crippen molar-refractivity contribution in [2.75, 3.05) is 0 Å². The van der Waals surface area contributed by atoms with Crippen LogP contribution in [-0.2, 0) is 12.7 Å². The van der Waals surface area contributed by atoms with Gasteiger partial charge in [0.2, 0.25) is 5.88 Å². The lowest BCUT2D eigenvalue weighted by Crippen LogP contribution is -2.29. The Morgan fingerprint density at radius 3 is 2.47 bits per heavy atom. The van der Waals surface area contributed by atoms with Crippen LogP contribution in [0.3, 0.4) is 0 Å². The van der Waals surface area contributed by atoms with Gasteiger partial charge in [0.25, 0.3) is 5.56 Å². The SMILES string of the molecule is N#Cc1c(C(F)(F)F)cc(-c2ccc(Oc3cnccn3)c(Cl)c2)n(Cc2ccc(F)cc2F)c1=O. The minimum atomic E-state index is -5.03. The van der Waals surface area contributed by atoms with Crippen molar-refractivity contribution in [1.29, 1.82) is 5.26 Å². The molecule has 0 unspecified atom stereocenters. The Bertz CT molecular complexity index is 1550. The molecule has 0 aliphatic heterocycles. The Morgan fingerprint density at radius 2 is 1.86 bits per heavy atom. The average Bonchev–Trinajstić information content (AvgIpc) is 2.83. The summed E-state index contributed by atoms with van der Waals surface area (Å²) in [5, 5.41) is 9.25. The molecule has 0 atom stereocenters. The Morgan fingerprint density at radius 1 is 1.08 bits per heavy atom. The molecule has 0 spiro atoms. The van der Waals surface area contributed by atoms with Crippen LogP contribution in [0.4, 0.5) is 22.0 Å². The number of hydrogen-bond acceptors (Lipinski definition) is 5. The summed E-state index contributed by atoms with van der Waals surface area (Å²) in [6, 6.07) is 8.36. The van der Waals surface area contributed by atoms with Gasteiger partial charge in [0.15, 0.2) is 0 Å². The Kier molecular flexibility index (Phi) is 6.72. The molecular formula is C24H12ClF5N4O2. The van der Waals surface area contributed by atoms with Crippen LogP contribution in [0, 0.1) is 23.0 Å². The minimum Gasteiger partial charge on any atom is -0.436 e. The van der Waals surface area contributed by atoms with Gasteiger partial charge >= 0.3 is 6.18 Å². The number of pyridine rings is 1. The van der Waals surface area contributed by atoms with E-state index in [1.807, 2.05) is 0 Å². The summed E-state index contributed by atoms with van der Waals surface area (Å²) in [5.74, 6) is -1.69. The molecule has 0 saturated carbocycles. The molecule has 0 saturated heterocycles. The highest BCUT2D eigenvalue weighted by atomic mass is 35.5. The van der Waals surface area contributed by atoms with Crippen molar-refractivity contribution in [1.82, 2.24) is 14.5 Å². The number of hydrogen-bond donors (Lipinski definition) is 0. The van der Waals surface area contributed by atoms with Crippen LogP contribution in [0.2, 0.25) is 5.02 Å². The minimum absolute atomic E-state index is 0.0389. The molecule has 4 rings (SSSR count). The Hall–Kier alpha value is -4.30. The highest BCUT2D eigenvalue weighted by Gasteiger charge is 2.36. The van der Waals surface area contributed by atoms with Crippen LogP contribution >= 0.6 is 11.6 Å². The Balaban J connectivity index is 1.89. The smallest absolute Gasteiger partial charge is 0.417 e. The maximum absolute atomic E-state index is 14.3. The summed E-state index contributed by atoms with van der Waals surface area (Å²) >= 11 is 6.28. The van der Waals surface area contributed by atoms with Gasteiger partial charge in [-0.25, -0.2) is 13.8 Å². The van der Waals surface area contributed by atoms with Crippen molar-refractivity contribution >= 4 is 11.6 Å². The summed E-state index contributed by atoms with van der Waals surface area (Å²) in [6.07, 6.45) is -0.919. The van der Waals surface area contributed by atoms with Crippen LogP contribution < -0.4 is 10.3 Å². The normalized spacial score (nSPS) is 11.2. The molecule has 0 radical (unpaired) electrons. The quantitative estimate of drug-likeness (QED) is 0.304. The molecule has 2 aromatic carbocycles. The van der Waals surface area contributed by atoms with Crippen LogP contribution in [0.25, 0.3) is 11.3 Å². The maximum atomic E-state index is 14.3. The summed E-state index contributed by atoms with van der Waals surface area (Å²) in [4.78, 5) is 20.8. The van der Waals surface area contributed by atoms with Crippen LogP contribution in [-0.4, -0.2) is 14.5 Å². The fraction of sp³-hybridized carbons (Fsp3) is 0.0833. The van der Waals surface area contributed by atoms with Gasteiger partial charge in [0.05, 0.1) is 29.0 Å². The lowest BCUT2D eigenvalue weighted by atomic mass is 10.0. The third-order valence-electron chi connectivity index (χ3n) is 5.04. The highest BCUT2D eigenvalue weighted by Crippen LogP contribution is 2.36. The second kappa shape index (κ2) is 9.75. The average molecular weight is 519 g/mol. The number of halogens is 6. The summed E-state index contributed by atoms with van der Waals surface area (Å²) < 4.78 is 75.1. The van der Waals surface area contributed by atoms with Crippen molar-refractivity contribution in [3.8, 4) is 29.0 Å². The summed E-state index contributed by atoms with van der Waals surface area (Å²) in [6.45, 7) is -0.581. The molecule has 4 aromatic rings. The van der Waals surface area contributed by atoms with Gasteiger partial charge < -0.3 is 9.30 Å². The van der Waals surface area contributed by atoms with E-state index in [4.69, 9.17) is 16.3 Å². The largest absolute Gasteiger partial charge is 0.436 e. The zero-order valence-electron chi connectivity index (χ0n) is 17.9. The number of aromatic nitrogens is 3. The number of benzene rings is 2. The molecule has 0 aliphatic carbocycles. The fourth-order valence-corrected chi connectivity index (χ4v) is 3.61. The van der Waals surface area contributed by atoms with E-state index < -0.39 is 41.0 Å². The van der Waals surface area contributed by atoms with E-state index in [9.17, 15) is 32.0 Å². The molecule has 36 heavy (non-hydrogen) atoms. The van der Waals surface area contributed by atoms with Crippen LogP contribution in [0.15, 0.2) is 65.8 Å². The number of rotatable bonds is 5. The van der Waals surface area contributed by atoms with Gasteiger partial charge in [0.1, 0.15) is 29.0 Å². The number of nitrogens with zero attached hydrogens (tertiary/aromatic N) is 4. The molecule has 182 valence electrons. The molecule has 2 aromatic heterocycles. The fourth-order valence-electron chi connectivity index (χ4n) is 3.39. The highest BCUT2D eigenvalue weighted by molar-refractivity contribution is 6.32.